The summed E-state index contributed by atoms with van der Waals surface area (Å²) < 4.78 is 2.35. The van der Waals surface area contributed by atoms with Crippen LogP contribution in [0.25, 0.3) is 23.1 Å². The lowest BCUT2D eigenvalue weighted by atomic mass is 9.90. The van der Waals surface area contributed by atoms with Gasteiger partial charge in [-0.05, 0) is 74.3 Å². The summed E-state index contributed by atoms with van der Waals surface area (Å²) in [4.78, 5) is 39.3. The minimum absolute atomic E-state index is 0.00209. The fourth-order valence-electron chi connectivity index (χ4n) is 6.01. The van der Waals surface area contributed by atoms with Crippen LogP contribution in [0.3, 0.4) is 0 Å². The van der Waals surface area contributed by atoms with Gasteiger partial charge >= 0.3 is 11.9 Å². The number of hydrogen-bond donors (Lipinski definition) is 2. The van der Waals surface area contributed by atoms with Gasteiger partial charge in [0.1, 0.15) is 0 Å². The zero-order valence-electron chi connectivity index (χ0n) is 23.6. The minimum Gasteiger partial charge on any atom is -0.478 e. The highest BCUT2D eigenvalue weighted by Crippen LogP contribution is 2.41. The van der Waals surface area contributed by atoms with Gasteiger partial charge in [0.05, 0.1) is 5.57 Å². The number of carboxylic acids is 2. The Kier molecular flexibility index (Phi) is 6.77. The molecule has 208 valence electrons. The first-order valence-corrected chi connectivity index (χ1v) is 13.5. The maximum Gasteiger partial charge on any atom is 0.357 e. The van der Waals surface area contributed by atoms with Gasteiger partial charge in [0.25, 0.3) is 5.91 Å². The number of aliphatic carboxylic acids is 2. The van der Waals surface area contributed by atoms with Crippen molar-refractivity contribution in [2.45, 2.75) is 53.0 Å². The van der Waals surface area contributed by atoms with E-state index in [1.807, 2.05) is 27.1 Å². The average Bonchev–Trinajstić information content (AvgIpc) is 3.38. The van der Waals surface area contributed by atoms with E-state index in [0.717, 1.165) is 45.6 Å². The van der Waals surface area contributed by atoms with Crippen LogP contribution in [0, 0.1) is 12.8 Å². The number of carboxylic acid groups (broad SMARTS) is 2. The number of carbonyl (C=O) groups excluding carboxylic acids is 1. The number of nitrogens with zero attached hydrogens (tertiary/aromatic N) is 4. The first kappa shape index (κ1) is 27.2. The summed E-state index contributed by atoms with van der Waals surface area (Å²) in [6.45, 7) is 8.96. The highest BCUT2D eigenvalue weighted by Gasteiger charge is 2.38. The molecule has 2 unspecified atom stereocenters. The second-order valence-corrected chi connectivity index (χ2v) is 11.0. The second kappa shape index (κ2) is 9.97. The van der Waals surface area contributed by atoms with E-state index in [-0.39, 0.29) is 29.2 Å². The molecule has 3 aliphatic rings. The van der Waals surface area contributed by atoms with E-state index in [1.165, 1.54) is 23.5 Å². The molecule has 40 heavy (non-hydrogen) atoms. The number of rotatable bonds is 6. The van der Waals surface area contributed by atoms with Crippen molar-refractivity contribution in [1.29, 1.82) is 0 Å². The lowest BCUT2D eigenvalue weighted by molar-refractivity contribution is -0.133. The quantitative estimate of drug-likeness (QED) is 0.498. The molecule has 0 spiro atoms. The van der Waals surface area contributed by atoms with E-state index in [1.54, 1.807) is 13.0 Å². The van der Waals surface area contributed by atoms with Crippen LogP contribution in [0.4, 0.5) is 0 Å². The fraction of sp³-hybridized carbons (Fsp3) is 0.355. The largest absolute Gasteiger partial charge is 0.478 e. The Bertz CT molecular complexity index is 1630. The molecule has 0 fully saturated rings. The summed E-state index contributed by atoms with van der Waals surface area (Å²) in [5, 5.41) is 25.6. The molecular formula is C31H34N4O5. The normalized spacial score (nSPS) is 21.7. The summed E-state index contributed by atoms with van der Waals surface area (Å²) in [6.07, 6.45) is 8.01. The first-order chi connectivity index (χ1) is 18.9. The lowest BCUT2D eigenvalue weighted by Crippen LogP contribution is -2.27. The van der Waals surface area contributed by atoms with Crippen LogP contribution in [0.1, 0.15) is 61.9 Å². The molecule has 9 nitrogen and oxygen atoms in total. The van der Waals surface area contributed by atoms with E-state index in [0.29, 0.717) is 11.6 Å². The van der Waals surface area contributed by atoms with E-state index < -0.39 is 17.8 Å². The topological polar surface area (TPSA) is 115 Å². The molecular weight excluding hydrogens is 508 g/mol. The van der Waals surface area contributed by atoms with Crippen molar-refractivity contribution in [3.05, 3.63) is 69.2 Å². The van der Waals surface area contributed by atoms with Crippen molar-refractivity contribution in [1.82, 2.24) is 14.5 Å². The molecule has 2 N–H and O–H groups in total. The van der Waals surface area contributed by atoms with Crippen LogP contribution in [-0.4, -0.2) is 62.3 Å². The molecule has 9 heteroatoms. The van der Waals surface area contributed by atoms with Gasteiger partial charge in [0, 0.05) is 71.6 Å². The summed E-state index contributed by atoms with van der Waals surface area (Å²) in [5.41, 5.74) is 6.84. The molecule has 0 radical (unpaired) electrons. The molecule has 2 aliphatic carbocycles. The molecule has 2 heterocycles. The lowest BCUT2D eigenvalue weighted by Gasteiger charge is -2.27. The molecule has 0 bridgehead atoms. The van der Waals surface area contributed by atoms with Crippen LogP contribution >= 0.6 is 0 Å². The number of amides is 1. The van der Waals surface area contributed by atoms with Crippen LogP contribution in [0.5, 0.6) is 0 Å². The molecule has 2 atom stereocenters. The Morgan fingerprint density at radius 3 is 2.42 bits per heavy atom. The zero-order valence-corrected chi connectivity index (χ0v) is 23.6. The van der Waals surface area contributed by atoms with Crippen LogP contribution in [0.2, 0.25) is 0 Å². The van der Waals surface area contributed by atoms with Crippen molar-refractivity contribution in [3.8, 4) is 0 Å². The third-order valence-corrected chi connectivity index (χ3v) is 8.10. The standard InChI is InChI=1S/C31H34N4O5/c1-7-34-26-12-16(2)20(13-22(26)23-15-21(33(5)6)11-18(4)28(23)34)14-24-27(31(39)40)32-35(29(24)36)25-9-8-19(30(37)38)10-17(25)3/h8-9,12-15,17-18H,7,10-11H2,1-6H3,(H,37,38)(H,39,40)/b24-14-. The number of benzene rings is 1. The van der Waals surface area contributed by atoms with Gasteiger partial charge in [0.2, 0.25) is 0 Å². The Labute approximate surface area is 233 Å². The molecule has 2 aromatic rings. The summed E-state index contributed by atoms with van der Waals surface area (Å²) in [6, 6.07) is 4.16. The van der Waals surface area contributed by atoms with Gasteiger partial charge in [-0.1, -0.05) is 13.8 Å². The average molecular weight is 543 g/mol. The maximum atomic E-state index is 13.6. The Balaban J connectivity index is 1.64. The fourth-order valence-corrected chi connectivity index (χ4v) is 6.01. The number of hydrogen-bond acceptors (Lipinski definition) is 5. The molecule has 1 aromatic carbocycles. The molecule has 0 saturated carbocycles. The van der Waals surface area contributed by atoms with Crippen molar-refractivity contribution in [2.75, 3.05) is 14.1 Å². The summed E-state index contributed by atoms with van der Waals surface area (Å²) >= 11 is 0. The van der Waals surface area contributed by atoms with Gasteiger partial charge < -0.3 is 19.7 Å². The maximum absolute atomic E-state index is 13.6. The zero-order chi connectivity index (χ0) is 29.0. The van der Waals surface area contributed by atoms with E-state index in [2.05, 4.69) is 40.6 Å². The van der Waals surface area contributed by atoms with Crippen molar-refractivity contribution in [3.63, 3.8) is 0 Å². The van der Waals surface area contributed by atoms with E-state index in [9.17, 15) is 24.6 Å². The molecule has 1 aliphatic heterocycles. The number of carbonyl (C=O) groups is 3. The predicted octanol–water partition coefficient (Wildman–Crippen LogP) is 4.98. The third-order valence-electron chi connectivity index (χ3n) is 8.10. The van der Waals surface area contributed by atoms with E-state index in [4.69, 9.17) is 0 Å². The molecule has 5 rings (SSSR count). The number of aryl methyl sites for hydroxylation is 2. The van der Waals surface area contributed by atoms with E-state index >= 15 is 0 Å². The van der Waals surface area contributed by atoms with Crippen molar-refractivity contribution in [2.24, 2.45) is 11.0 Å². The van der Waals surface area contributed by atoms with Crippen LogP contribution in [-0.2, 0) is 20.9 Å². The van der Waals surface area contributed by atoms with Gasteiger partial charge in [0.15, 0.2) is 5.71 Å². The van der Waals surface area contributed by atoms with Gasteiger partial charge in [-0.2, -0.15) is 10.1 Å². The minimum atomic E-state index is -1.30. The smallest absolute Gasteiger partial charge is 0.357 e. The number of aromatic nitrogens is 1. The molecule has 0 saturated heterocycles. The predicted molar refractivity (Wildman–Crippen MR) is 155 cm³/mol. The summed E-state index contributed by atoms with van der Waals surface area (Å²) in [5.74, 6) is -2.84. The first-order valence-electron chi connectivity index (χ1n) is 13.5. The van der Waals surface area contributed by atoms with Gasteiger partial charge in [-0.25, -0.2) is 9.59 Å². The Morgan fingerprint density at radius 1 is 1.10 bits per heavy atom. The van der Waals surface area contributed by atoms with Crippen molar-refractivity contribution >= 4 is 46.6 Å². The van der Waals surface area contributed by atoms with Gasteiger partial charge in [-0.3, -0.25) is 4.79 Å². The van der Waals surface area contributed by atoms with Crippen molar-refractivity contribution < 1.29 is 24.6 Å². The molecule has 1 amide bonds. The molecule has 1 aromatic heterocycles. The number of allylic oxidation sites excluding steroid dienone is 4. The van der Waals surface area contributed by atoms with Gasteiger partial charge in [-0.15, -0.1) is 0 Å². The Hall–Kier alpha value is -4.40. The third kappa shape index (κ3) is 4.35. The second-order valence-electron chi connectivity index (χ2n) is 11.0. The number of fused-ring (bicyclic) bond motifs is 3. The SMILES string of the molecule is CCn1c2c(c3cc(/C=C4\C(=O)N(C5=CC=C(C(=O)O)CC5C)N=C4C(=O)O)c(C)cc31)C=C(N(C)C)CC2C. The number of hydrazone groups is 1. The Morgan fingerprint density at radius 2 is 1.82 bits per heavy atom. The highest BCUT2D eigenvalue weighted by molar-refractivity contribution is 6.52. The monoisotopic (exact) mass is 542 g/mol. The summed E-state index contributed by atoms with van der Waals surface area (Å²) in [7, 11) is 4.10. The highest BCUT2D eigenvalue weighted by atomic mass is 16.4. The van der Waals surface area contributed by atoms with Crippen LogP contribution in [0.15, 0.2) is 51.9 Å². The van der Waals surface area contributed by atoms with Crippen LogP contribution < -0.4 is 0 Å².